The molecule has 1 atom stereocenters. The lowest BCUT2D eigenvalue weighted by molar-refractivity contribution is -0.109. The van der Waals surface area contributed by atoms with Gasteiger partial charge in [0.25, 0.3) is 0 Å². The molecule has 0 radical (unpaired) electrons. The monoisotopic (exact) mass is 321 g/mol. The molecule has 23 heavy (non-hydrogen) atoms. The van der Waals surface area contributed by atoms with Crippen LogP contribution in [0.3, 0.4) is 0 Å². The molecule has 1 unspecified atom stereocenters. The number of nitrogens with zero attached hydrogens (tertiary/aromatic N) is 3. The molecule has 114 valence electrons. The summed E-state index contributed by atoms with van der Waals surface area (Å²) in [5.74, 6) is 0.00236. The highest BCUT2D eigenvalue weighted by molar-refractivity contribution is 7.18. The zero-order valence-electron chi connectivity index (χ0n) is 12.5. The van der Waals surface area contributed by atoms with Gasteiger partial charge in [-0.2, -0.15) is 0 Å². The van der Waals surface area contributed by atoms with E-state index in [2.05, 4.69) is 9.97 Å². The molecular weight excluding hydrogens is 306 g/mol. The lowest BCUT2D eigenvalue weighted by Gasteiger charge is -2.20. The number of hydrogen-bond acceptors (Lipinski definition) is 5. The van der Waals surface area contributed by atoms with Gasteiger partial charge in [-0.25, -0.2) is 9.97 Å². The van der Waals surface area contributed by atoms with Crippen LogP contribution in [0, 0.1) is 0 Å². The van der Waals surface area contributed by atoms with Crippen LogP contribution in [-0.2, 0) is 11.2 Å². The first-order valence-corrected chi connectivity index (χ1v) is 8.48. The van der Waals surface area contributed by atoms with E-state index in [9.17, 15) is 4.79 Å². The van der Waals surface area contributed by atoms with Crippen molar-refractivity contribution >= 4 is 17.6 Å². The van der Waals surface area contributed by atoms with E-state index in [0.29, 0.717) is 0 Å². The SMILES string of the molecule is O=CC1CCCc2nc(-c3ncc(-c4cccnc4)s3)ccc21. The van der Waals surface area contributed by atoms with Gasteiger partial charge >= 0.3 is 0 Å². The zero-order valence-corrected chi connectivity index (χ0v) is 13.3. The van der Waals surface area contributed by atoms with E-state index in [1.807, 2.05) is 36.7 Å². The quantitative estimate of drug-likeness (QED) is 0.687. The van der Waals surface area contributed by atoms with Crippen LogP contribution >= 0.6 is 11.3 Å². The molecule has 0 saturated carbocycles. The highest BCUT2D eigenvalue weighted by Crippen LogP contribution is 2.34. The number of aryl methyl sites for hydroxylation is 1. The summed E-state index contributed by atoms with van der Waals surface area (Å²) >= 11 is 1.61. The molecule has 0 spiro atoms. The molecule has 1 aliphatic carbocycles. The fraction of sp³-hybridized carbons (Fsp3) is 0.222. The van der Waals surface area contributed by atoms with Crippen molar-refractivity contribution in [1.29, 1.82) is 0 Å². The third kappa shape index (κ3) is 2.68. The maximum atomic E-state index is 11.2. The number of aromatic nitrogens is 3. The second-order valence-electron chi connectivity index (χ2n) is 5.64. The summed E-state index contributed by atoms with van der Waals surface area (Å²) < 4.78 is 0. The molecule has 0 aliphatic heterocycles. The minimum atomic E-state index is 0.00236. The maximum Gasteiger partial charge on any atom is 0.142 e. The Morgan fingerprint density at radius 3 is 3.00 bits per heavy atom. The summed E-state index contributed by atoms with van der Waals surface area (Å²) in [7, 11) is 0. The van der Waals surface area contributed by atoms with Gasteiger partial charge in [-0.1, -0.05) is 12.1 Å². The predicted molar refractivity (Wildman–Crippen MR) is 90.3 cm³/mol. The van der Waals surface area contributed by atoms with Crippen molar-refractivity contribution in [3.05, 3.63) is 54.1 Å². The topological polar surface area (TPSA) is 55.7 Å². The van der Waals surface area contributed by atoms with Gasteiger partial charge in [0.1, 0.15) is 11.3 Å². The van der Waals surface area contributed by atoms with Crippen LogP contribution in [0.5, 0.6) is 0 Å². The standard InChI is InChI=1S/C18H15N3OS/c22-11-13-3-1-5-15-14(13)6-7-16(21-15)18-20-10-17(23-18)12-4-2-8-19-9-12/h2,4,6-11,13H,1,3,5H2. The summed E-state index contributed by atoms with van der Waals surface area (Å²) in [6, 6.07) is 7.97. The van der Waals surface area contributed by atoms with E-state index >= 15 is 0 Å². The largest absolute Gasteiger partial charge is 0.303 e. The fourth-order valence-corrected chi connectivity index (χ4v) is 3.87. The third-order valence-corrected chi connectivity index (χ3v) is 5.24. The van der Waals surface area contributed by atoms with Gasteiger partial charge in [-0.05, 0) is 37.0 Å². The van der Waals surface area contributed by atoms with E-state index in [1.165, 1.54) is 0 Å². The molecule has 3 heterocycles. The van der Waals surface area contributed by atoms with E-state index in [-0.39, 0.29) is 5.92 Å². The van der Waals surface area contributed by atoms with Crippen molar-refractivity contribution in [3.8, 4) is 21.1 Å². The predicted octanol–water partition coefficient (Wildman–Crippen LogP) is 3.89. The smallest absolute Gasteiger partial charge is 0.142 e. The molecule has 4 rings (SSSR count). The number of carbonyl (C=O) groups is 1. The Hall–Kier alpha value is -2.40. The Morgan fingerprint density at radius 2 is 2.17 bits per heavy atom. The zero-order chi connectivity index (χ0) is 15.6. The van der Waals surface area contributed by atoms with E-state index in [1.54, 1.807) is 17.5 Å². The van der Waals surface area contributed by atoms with Crippen LogP contribution in [0.15, 0.2) is 42.9 Å². The first-order valence-electron chi connectivity index (χ1n) is 7.67. The summed E-state index contributed by atoms with van der Waals surface area (Å²) in [4.78, 5) is 25.7. The number of rotatable bonds is 3. The molecule has 0 fully saturated rings. The van der Waals surface area contributed by atoms with Crippen molar-refractivity contribution < 1.29 is 4.79 Å². The van der Waals surface area contributed by atoms with Gasteiger partial charge in [0.05, 0.1) is 10.6 Å². The van der Waals surface area contributed by atoms with Gasteiger partial charge in [-0.3, -0.25) is 4.98 Å². The molecular formula is C18H15N3OS. The first-order chi connectivity index (χ1) is 11.3. The van der Waals surface area contributed by atoms with Gasteiger partial charge in [0, 0.05) is 35.8 Å². The normalized spacial score (nSPS) is 16.8. The Labute approximate surface area is 138 Å². The van der Waals surface area contributed by atoms with Crippen LogP contribution in [0.1, 0.15) is 30.0 Å². The average molecular weight is 321 g/mol. The van der Waals surface area contributed by atoms with Gasteiger partial charge < -0.3 is 4.79 Å². The average Bonchev–Trinajstić information content (AvgIpc) is 3.11. The summed E-state index contributed by atoms with van der Waals surface area (Å²) in [5.41, 5.74) is 4.08. The molecule has 0 bridgehead atoms. The summed E-state index contributed by atoms with van der Waals surface area (Å²) in [6.45, 7) is 0. The first kappa shape index (κ1) is 14.2. The molecule has 3 aromatic heterocycles. The van der Waals surface area contributed by atoms with Crippen LogP contribution < -0.4 is 0 Å². The molecule has 0 aromatic carbocycles. The van der Waals surface area contributed by atoms with E-state index < -0.39 is 0 Å². The number of hydrogen-bond donors (Lipinski definition) is 0. The number of aldehydes is 1. The lowest BCUT2D eigenvalue weighted by Crippen LogP contribution is -2.12. The molecule has 0 amide bonds. The summed E-state index contributed by atoms with van der Waals surface area (Å²) in [5, 5.41) is 0.903. The van der Waals surface area contributed by atoms with Crippen LogP contribution in [-0.4, -0.2) is 21.2 Å². The summed E-state index contributed by atoms with van der Waals surface area (Å²) in [6.07, 6.45) is 9.40. The number of thiazole rings is 1. The van der Waals surface area contributed by atoms with Gasteiger partial charge in [0.2, 0.25) is 0 Å². The molecule has 4 nitrogen and oxygen atoms in total. The minimum absolute atomic E-state index is 0.00236. The van der Waals surface area contributed by atoms with Crippen LogP contribution in [0.4, 0.5) is 0 Å². The van der Waals surface area contributed by atoms with Crippen molar-refractivity contribution in [3.63, 3.8) is 0 Å². The van der Waals surface area contributed by atoms with Crippen LogP contribution in [0.25, 0.3) is 21.1 Å². The van der Waals surface area contributed by atoms with Crippen molar-refractivity contribution in [2.75, 3.05) is 0 Å². The molecule has 1 aliphatic rings. The van der Waals surface area contributed by atoms with Gasteiger partial charge in [0.15, 0.2) is 0 Å². The lowest BCUT2D eigenvalue weighted by atomic mass is 9.86. The molecule has 3 aromatic rings. The number of fused-ring (bicyclic) bond motifs is 1. The molecule has 0 saturated heterocycles. The van der Waals surface area contributed by atoms with E-state index in [0.717, 1.165) is 57.9 Å². The van der Waals surface area contributed by atoms with Crippen molar-refractivity contribution in [2.45, 2.75) is 25.2 Å². The minimum Gasteiger partial charge on any atom is -0.303 e. The van der Waals surface area contributed by atoms with Crippen molar-refractivity contribution in [2.24, 2.45) is 0 Å². The Kier molecular flexibility index (Phi) is 3.71. The molecule has 5 heteroatoms. The maximum absolute atomic E-state index is 11.2. The second kappa shape index (κ2) is 6.01. The second-order valence-corrected chi connectivity index (χ2v) is 6.67. The van der Waals surface area contributed by atoms with Crippen molar-refractivity contribution in [1.82, 2.24) is 15.0 Å². The number of pyridine rings is 2. The fourth-order valence-electron chi connectivity index (χ4n) is 2.99. The van der Waals surface area contributed by atoms with Crippen LogP contribution in [0.2, 0.25) is 0 Å². The Bertz CT molecular complexity index is 844. The highest BCUT2D eigenvalue weighted by atomic mass is 32.1. The number of carbonyl (C=O) groups excluding carboxylic acids is 1. The Morgan fingerprint density at radius 1 is 1.22 bits per heavy atom. The highest BCUT2D eigenvalue weighted by Gasteiger charge is 2.21. The van der Waals surface area contributed by atoms with E-state index in [4.69, 9.17) is 4.98 Å². The third-order valence-electron chi connectivity index (χ3n) is 4.17. The molecule has 0 N–H and O–H groups in total. The Balaban J connectivity index is 1.69. The van der Waals surface area contributed by atoms with Gasteiger partial charge in [-0.15, -0.1) is 11.3 Å².